The number of sulfone groups is 1. The Labute approximate surface area is 100 Å². The zero-order valence-electron chi connectivity index (χ0n) is 9.46. The monoisotopic (exact) mass is 254 g/mol. The average molecular weight is 254 g/mol. The van der Waals surface area contributed by atoms with Gasteiger partial charge in [-0.05, 0) is 24.3 Å². The summed E-state index contributed by atoms with van der Waals surface area (Å²) in [5.41, 5.74) is 1.01. The molecule has 1 saturated carbocycles. The van der Waals surface area contributed by atoms with Gasteiger partial charge in [0.25, 0.3) is 0 Å². The highest BCUT2D eigenvalue weighted by Crippen LogP contribution is 2.49. The molecule has 0 radical (unpaired) electrons. The van der Waals surface area contributed by atoms with E-state index in [0.717, 1.165) is 11.8 Å². The predicted octanol–water partition coefficient (Wildman–Crippen LogP) is 1.43. The van der Waals surface area contributed by atoms with Crippen LogP contribution in [-0.2, 0) is 14.6 Å². The van der Waals surface area contributed by atoms with E-state index >= 15 is 0 Å². The quantitative estimate of drug-likeness (QED) is 0.885. The molecule has 1 fully saturated rings. The van der Waals surface area contributed by atoms with Crippen molar-refractivity contribution in [1.29, 1.82) is 0 Å². The molecule has 0 saturated heterocycles. The molecule has 1 aliphatic carbocycles. The zero-order chi connectivity index (χ0) is 12.7. The van der Waals surface area contributed by atoms with Gasteiger partial charge in [0.1, 0.15) is 0 Å². The zero-order valence-corrected chi connectivity index (χ0v) is 10.3. The van der Waals surface area contributed by atoms with Gasteiger partial charge in [-0.2, -0.15) is 0 Å². The predicted molar refractivity (Wildman–Crippen MR) is 63.6 cm³/mol. The minimum absolute atomic E-state index is 0.0297. The molecule has 1 aliphatic rings. The largest absolute Gasteiger partial charge is 0.480 e. The SMILES string of the molecule is CS(=O)(=O)C1(C(=O)O)CC(c2ccccc2)C1. The van der Waals surface area contributed by atoms with Gasteiger partial charge in [-0.3, -0.25) is 4.79 Å². The highest BCUT2D eigenvalue weighted by Gasteiger charge is 2.58. The number of hydrogen-bond acceptors (Lipinski definition) is 3. The van der Waals surface area contributed by atoms with Crippen LogP contribution in [0.4, 0.5) is 0 Å². The Morgan fingerprint density at radius 3 is 2.24 bits per heavy atom. The lowest BCUT2D eigenvalue weighted by Crippen LogP contribution is -2.55. The number of rotatable bonds is 3. The van der Waals surface area contributed by atoms with Crippen molar-refractivity contribution in [2.75, 3.05) is 6.26 Å². The van der Waals surface area contributed by atoms with E-state index in [1.165, 1.54) is 0 Å². The van der Waals surface area contributed by atoms with Crippen LogP contribution in [0.25, 0.3) is 0 Å². The number of carboxylic acid groups (broad SMARTS) is 1. The second-order valence-electron chi connectivity index (χ2n) is 4.59. The van der Waals surface area contributed by atoms with Gasteiger partial charge in [0.2, 0.25) is 0 Å². The fraction of sp³-hybridized carbons (Fsp3) is 0.417. The van der Waals surface area contributed by atoms with Gasteiger partial charge in [0.15, 0.2) is 14.6 Å². The standard InChI is InChI=1S/C12H14O4S/c1-17(15,16)12(11(13)14)7-10(8-12)9-5-3-2-4-6-9/h2-6,10H,7-8H2,1H3,(H,13,14). The van der Waals surface area contributed by atoms with Gasteiger partial charge in [0.05, 0.1) is 0 Å². The number of carbonyl (C=O) groups is 1. The summed E-state index contributed by atoms with van der Waals surface area (Å²) in [4.78, 5) is 11.1. The molecule has 0 unspecified atom stereocenters. The number of aliphatic carboxylic acids is 1. The van der Waals surface area contributed by atoms with Crippen LogP contribution in [0.2, 0.25) is 0 Å². The van der Waals surface area contributed by atoms with E-state index < -0.39 is 20.6 Å². The minimum Gasteiger partial charge on any atom is -0.480 e. The molecule has 0 aromatic heterocycles. The molecule has 1 N–H and O–H groups in total. The van der Waals surface area contributed by atoms with Crippen LogP contribution in [0.15, 0.2) is 30.3 Å². The third-order valence-electron chi connectivity index (χ3n) is 3.52. The Bertz CT molecular complexity index is 527. The Kier molecular flexibility index (Phi) is 2.73. The van der Waals surface area contributed by atoms with Crippen molar-refractivity contribution in [2.45, 2.75) is 23.5 Å². The van der Waals surface area contributed by atoms with E-state index in [-0.39, 0.29) is 18.8 Å². The molecule has 1 aromatic rings. The first-order valence-electron chi connectivity index (χ1n) is 5.35. The van der Waals surface area contributed by atoms with Crippen molar-refractivity contribution in [1.82, 2.24) is 0 Å². The van der Waals surface area contributed by atoms with Crippen molar-refractivity contribution in [3.8, 4) is 0 Å². The maximum Gasteiger partial charge on any atom is 0.325 e. The lowest BCUT2D eigenvalue weighted by atomic mass is 9.70. The van der Waals surface area contributed by atoms with Crippen LogP contribution in [0, 0.1) is 0 Å². The normalized spacial score (nSPS) is 28.4. The lowest BCUT2D eigenvalue weighted by molar-refractivity contribution is -0.143. The summed E-state index contributed by atoms with van der Waals surface area (Å²) in [6.45, 7) is 0. The summed E-state index contributed by atoms with van der Waals surface area (Å²) >= 11 is 0. The first kappa shape index (κ1) is 12.1. The van der Waals surface area contributed by atoms with Gasteiger partial charge in [-0.25, -0.2) is 8.42 Å². The maximum atomic E-state index is 11.6. The van der Waals surface area contributed by atoms with Gasteiger partial charge >= 0.3 is 5.97 Å². The van der Waals surface area contributed by atoms with Crippen LogP contribution in [0.1, 0.15) is 24.3 Å². The molecule has 5 heteroatoms. The number of hydrogen-bond donors (Lipinski definition) is 1. The van der Waals surface area contributed by atoms with Gasteiger partial charge in [-0.15, -0.1) is 0 Å². The van der Waals surface area contributed by atoms with Gasteiger partial charge < -0.3 is 5.11 Å². The van der Waals surface area contributed by atoms with Crippen LogP contribution in [-0.4, -0.2) is 30.5 Å². The lowest BCUT2D eigenvalue weighted by Gasteiger charge is -2.42. The van der Waals surface area contributed by atoms with E-state index in [9.17, 15) is 13.2 Å². The molecule has 0 bridgehead atoms. The Balaban J connectivity index is 2.24. The topological polar surface area (TPSA) is 71.4 Å². The van der Waals surface area contributed by atoms with E-state index in [4.69, 9.17) is 5.11 Å². The fourth-order valence-electron chi connectivity index (χ4n) is 2.33. The van der Waals surface area contributed by atoms with Crippen molar-refractivity contribution < 1.29 is 18.3 Å². The second kappa shape index (κ2) is 3.84. The average Bonchev–Trinajstić information content (AvgIpc) is 2.14. The summed E-state index contributed by atoms with van der Waals surface area (Å²) in [6.07, 6.45) is 1.35. The summed E-state index contributed by atoms with van der Waals surface area (Å²) < 4.78 is 21.6. The Morgan fingerprint density at radius 1 is 1.29 bits per heavy atom. The molecular weight excluding hydrogens is 240 g/mol. The molecule has 0 spiro atoms. The van der Waals surface area contributed by atoms with Crippen LogP contribution < -0.4 is 0 Å². The van der Waals surface area contributed by atoms with Crippen molar-refractivity contribution in [3.05, 3.63) is 35.9 Å². The van der Waals surface area contributed by atoms with E-state index in [0.29, 0.717) is 0 Å². The van der Waals surface area contributed by atoms with Gasteiger partial charge in [-0.1, -0.05) is 30.3 Å². The van der Waals surface area contributed by atoms with E-state index in [2.05, 4.69) is 0 Å². The first-order valence-corrected chi connectivity index (χ1v) is 7.24. The molecule has 17 heavy (non-hydrogen) atoms. The van der Waals surface area contributed by atoms with Crippen molar-refractivity contribution in [2.24, 2.45) is 0 Å². The van der Waals surface area contributed by atoms with E-state index in [1.54, 1.807) is 0 Å². The number of carboxylic acids is 1. The fourth-order valence-corrected chi connectivity index (χ4v) is 3.66. The minimum atomic E-state index is -3.57. The molecule has 1 aromatic carbocycles. The summed E-state index contributed by atoms with van der Waals surface area (Å²) in [7, 11) is -3.57. The molecule has 0 heterocycles. The molecule has 0 amide bonds. The first-order chi connectivity index (χ1) is 7.87. The highest BCUT2D eigenvalue weighted by atomic mass is 32.2. The molecule has 92 valence electrons. The summed E-state index contributed by atoms with van der Waals surface area (Å²) in [5.74, 6) is -1.20. The van der Waals surface area contributed by atoms with Crippen molar-refractivity contribution >= 4 is 15.8 Å². The highest BCUT2D eigenvalue weighted by molar-refractivity contribution is 7.93. The molecule has 0 atom stereocenters. The van der Waals surface area contributed by atoms with Gasteiger partial charge in [0, 0.05) is 6.26 Å². The molecule has 4 nitrogen and oxygen atoms in total. The Morgan fingerprint density at radius 2 is 1.82 bits per heavy atom. The van der Waals surface area contributed by atoms with Crippen LogP contribution >= 0.6 is 0 Å². The van der Waals surface area contributed by atoms with Crippen LogP contribution in [0.5, 0.6) is 0 Å². The number of benzene rings is 1. The molecule has 0 aliphatic heterocycles. The second-order valence-corrected chi connectivity index (χ2v) is 6.91. The molecular formula is C12H14O4S. The van der Waals surface area contributed by atoms with Crippen LogP contribution in [0.3, 0.4) is 0 Å². The summed E-state index contributed by atoms with van der Waals surface area (Å²) in [5, 5.41) is 9.10. The molecule has 2 rings (SSSR count). The summed E-state index contributed by atoms with van der Waals surface area (Å²) in [6, 6.07) is 9.42. The van der Waals surface area contributed by atoms with E-state index in [1.807, 2.05) is 30.3 Å². The maximum absolute atomic E-state index is 11.6. The Hall–Kier alpha value is -1.36. The van der Waals surface area contributed by atoms with Crippen molar-refractivity contribution in [3.63, 3.8) is 0 Å². The smallest absolute Gasteiger partial charge is 0.325 e. The third-order valence-corrected chi connectivity index (χ3v) is 5.45. The third kappa shape index (κ3) is 1.84.